The number of imide groups is 1. The first kappa shape index (κ1) is 23.1. The number of rotatable bonds is 7. The second kappa shape index (κ2) is 10.3. The number of carbonyl (C=O) groups excluding carboxylic acids is 2. The van der Waals surface area contributed by atoms with Crippen LogP contribution in [-0.4, -0.2) is 55.9 Å². The lowest BCUT2D eigenvalue weighted by atomic mass is 9.97. The highest BCUT2D eigenvalue weighted by atomic mass is 32.2. The molecule has 0 saturated carbocycles. The van der Waals surface area contributed by atoms with Crippen LogP contribution in [-0.2, 0) is 11.3 Å². The summed E-state index contributed by atoms with van der Waals surface area (Å²) in [6.45, 7) is 2.90. The zero-order valence-corrected chi connectivity index (χ0v) is 19.5. The Balaban J connectivity index is 1.12. The zero-order valence-electron chi connectivity index (χ0n) is 18.7. The van der Waals surface area contributed by atoms with E-state index < -0.39 is 5.91 Å². The largest absolute Gasteiger partial charge is 0.341 e. The molecular weight excluding hydrogens is 471 g/mol. The number of pyridine rings is 1. The first-order chi connectivity index (χ1) is 17.0. The highest BCUT2D eigenvalue weighted by molar-refractivity contribution is 8.18. The number of hydrogen-bond donors (Lipinski definition) is 3. The Morgan fingerprint density at radius 1 is 1.17 bits per heavy atom. The molecule has 3 N–H and O–H groups in total. The first-order valence-corrected chi connectivity index (χ1v) is 12.0. The number of amides is 2. The minimum atomic E-state index is -0.403. The molecule has 0 bridgehead atoms. The van der Waals surface area contributed by atoms with Gasteiger partial charge in [-0.1, -0.05) is 0 Å². The van der Waals surface area contributed by atoms with Crippen LogP contribution in [0.25, 0.3) is 17.5 Å². The van der Waals surface area contributed by atoms with E-state index in [1.54, 1.807) is 30.6 Å². The van der Waals surface area contributed by atoms with Crippen molar-refractivity contribution in [3.63, 3.8) is 0 Å². The molecule has 12 heteroatoms. The molecule has 2 aliphatic heterocycles. The van der Waals surface area contributed by atoms with E-state index in [1.165, 1.54) is 12.1 Å². The fourth-order valence-corrected chi connectivity index (χ4v) is 4.74. The van der Waals surface area contributed by atoms with E-state index >= 15 is 0 Å². The molecule has 180 valence electrons. The quantitative estimate of drug-likeness (QED) is 0.425. The number of halogens is 1. The molecule has 0 spiro atoms. The van der Waals surface area contributed by atoms with Gasteiger partial charge in [0.2, 0.25) is 5.95 Å². The lowest BCUT2D eigenvalue weighted by Gasteiger charge is -2.32. The Bertz CT molecular complexity index is 1260. The topological polar surface area (TPSA) is 129 Å². The number of anilines is 1. The molecule has 0 aromatic carbocycles. The van der Waals surface area contributed by atoms with Gasteiger partial charge in [0.05, 0.1) is 27.7 Å². The van der Waals surface area contributed by atoms with Crippen molar-refractivity contribution in [1.82, 2.24) is 35.8 Å². The number of nitrogens with one attached hydrogen (secondary N) is 3. The van der Waals surface area contributed by atoms with Crippen LogP contribution < -0.4 is 15.5 Å². The molecule has 0 aliphatic carbocycles. The molecule has 0 atom stereocenters. The van der Waals surface area contributed by atoms with Gasteiger partial charge in [0.15, 0.2) is 0 Å². The molecule has 3 aromatic heterocycles. The third kappa shape index (κ3) is 5.72. The van der Waals surface area contributed by atoms with Crippen LogP contribution in [0.5, 0.6) is 0 Å². The predicted octanol–water partition coefficient (Wildman–Crippen LogP) is 2.73. The van der Waals surface area contributed by atoms with Gasteiger partial charge in [-0.05, 0) is 61.3 Å². The van der Waals surface area contributed by atoms with Gasteiger partial charge in [-0.3, -0.25) is 20.0 Å². The van der Waals surface area contributed by atoms with Gasteiger partial charge >= 0.3 is 0 Å². The number of aromatic nitrogens is 5. The average Bonchev–Trinajstić information content (AvgIpc) is 3.49. The van der Waals surface area contributed by atoms with Crippen molar-refractivity contribution in [2.45, 2.75) is 19.4 Å². The summed E-state index contributed by atoms with van der Waals surface area (Å²) in [5.74, 6) is 0.350. The molecule has 2 fully saturated rings. The molecule has 5 rings (SSSR count). The van der Waals surface area contributed by atoms with Crippen molar-refractivity contribution in [3.05, 3.63) is 58.8 Å². The Morgan fingerprint density at radius 3 is 2.77 bits per heavy atom. The molecule has 2 aliphatic rings. The van der Waals surface area contributed by atoms with Crippen LogP contribution in [0.2, 0.25) is 0 Å². The summed E-state index contributed by atoms with van der Waals surface area (Å²) in [5.41, 5.74) is 2.44. The summed E-state index contributed by atoms with van der Waals surface area (Å²) in [5, 5.41) is 12.0. The number of carbonyl (C=O) groups is 2. The Hall–Kier alpha value is -3.64. The van der Waals surface area contributed by atoms with E-state index in [0.29, 0.717) is 46.1 Å². The number of thioether (sulfide) groups is 1. The maximum absolute atomic E-state index is 14.0. The second-order valence-corrected chi connectivity index (χ2v) is 9.34. The van der Waals surface area contributed by atoms with E-state index in [-0.39, 0.29) is 11.1 Å². The third-order valence-electron chi connectivity index (χ3n) is 5.84. The van der Waals surface area contributed by atoms with E-state index in [4.69, 9.17) is 0 Å². The monoisotopic (exact) mass is 494 g/mol. The van der Waals surface area contributed by atoms with Crippen LogP contribution in [0.3, 0.4) is 0 Å². The first-order valence-electron chi connectivity index (χ1n) is 11.2. The van der Waals surface area contributed by atoms with Gasteiger partial charge in [-0.15, -0.1) is 0 Å². The summed E-state index contributed by atoms with van der Waals surface area (Å²) in [6.07, 6.45) is 6.80. The fraction of sp³-hybridized carbons (Fsp3) is 0.304. The molecule has 35 heavy (non-hydrogen) atoms. The Kier molecular flexibility index (Phi) is 6.82. The van der Waals surface area contributed by atoms with Gasteiger partial charge in [0.1, 0.15) is 5.82 Å². The molecule has 0 unspecified atom stereocenters. The SMILES string of the molecule is O=C1NC(=O)C(=Cc2ccnc(N3CCC(CNCc4cc(F)cc(-c5ccn[nH]5)n4)CC3)n2)S1. The molecule has 2 saturated heterocycles. The van der Waals surface area contributed by atoms with Gasteiger partial charge < -0.3 is 10.2 Å². The van der Waals surface area contributed by atoms with Gasteiger partial charge in [0, 0.05) is 38.1 Å². The van der Waals surface area contributed by atoms with Crippen molar-refractivity contribution in [2.24, 2.45) is 5.92 Å². The zero-order chi connectivity index (χ0) is 24.2. The van der Waals surface area contributed by atoms with Crippen LogP contribution in [0, 0.1) is 11.7 Å². The number of hydrogen-bond acceptors (Lipinski definition) is 9. The molecule has 2 amide bonds. The fourth-order valence-electron chi connectivity index (χ4n) is 4.07. The second-order valence-electron chi connectivity index (χ2n) is 8.33. The average molecular weight is 495 g/mol. The summed E-state index contributed by atoms with van der Waals surface area (Å²) in [7, 11) is 0. The van der Waals surface area contributed by atoms with E-state index in [0.717, 1.165) is 44.2 Å². The summed E-state index contributed by atoms with van der Waals surface area (Å²) < 4.78 is 14.0. The number of piperidine rings is 1. The van der Waals surface area contributed by atoms with Crippen molar-refractivity contribution >= 4 is 34.9 Å². The predicted molar refractivity (Wildman–Crippen MR) is 130 cm³/mol. The van der Waals surface area contributed by atoms with E-state index in [2.05, 4.69) is 40.7 Å². The number of nitrogens with zero attached hydrogens (tertiary/aromatic N) is 5. The van der Waals surface area contributed by atoms with Crippen molar-refractivity contribution in [3.8, 4) is 11.4 Å². The van der Waals surface area contributed by atoms with Gasteiger partial charge in [-0.2, -0.15) is 5.10 Å². The smallest absolute Gasteiger partial charge is 0.290 e. The van der Waals surface area contributed by atoms with Crippen LogP contribution >= 0.6 is 11.8 Å². The molecular formula is C23H23FN8O2S. The summed E-state index contributed by atoms with van der Waals surface area (Å²) >= 11 is 0.868. The summed E-state index contributed by atoms with van der Waals surface area (Å²) in [4.78, 5) is 39.0. The normalized spacial score (nSPS) is 17.9. The summed E-state index contributed by atoms with van der Waals surface area (Å²) in [6, 6.07) is 6.30. The molecule has 10 nitrogen and oxygen atoms in total. The maximum Gasteiger partial charge on any atom is 0.290 e. The van der Waals surface area contributed by atoms with Gasteiger partial charge in [-0.25, -0.2) is 19.3 Å². The number of aromatic amines is 1. The Labute approximate surface area is 204 Å². The minimum Gasteiger partial charge on any atom is -0.341 e. The van der Waals surface area contributed by atoms with Crippen LogP contribution in [0.4, 0.5) is 15.1 Å². The molecule has 0 radical (unpaired) electrons. The van der Waals surface area contributed by atoms with Gasteiger partial charge in [0.25, 0.3) is 11.1 Å². The third-order valence-corrected chi connectivity index (χ3v) is 6.65. The highest BCUT2D eigenvalue weighted by Crippen LogP contribution is 2.26. The van der Waals surface area contributed by atoms with E-state index in [9.17, 15) is 14.0 Å². The van der Waals surface area contributed by atoms with Crippen LogP contribution in [0.1, 0.15) is 24.2 Å². The lowest BCUT2D eigenvalue weighted by molar-refractivity contribution is -0.115. The maximum atomic E-state index is 14.0. The molecule has 5 heterocycles. The van der Waals surface area contributed by atoms with Crippen LogP contribution in [0.15, 0.2) is 41.6 Å². The lowest BCUT2D eigenvalue weighted by Crippen LogP contribution is -2.38. The van der Waals surface area contributed by atoms with E-state index in [1.807, 2.05) is 0 Å². The highest BCUT2D eigenvalue weighted by Gasteiger charge is 2.25. The molecule has 3 aromatic rings. The standard InChI is InChI=1S/C23H23FN8O2S/c24-15-9-17(28-19(10-15)18-2-6-27-31-18)13-25-12-14-3-7-32(8-4-14)22-26-5-1-16(29-22)11-20-21(33)30-23(34)35-20/h1-2,5-6,9-11,14,25H,3-4,7-8,12-13H2,(H,27,31)(H,30,33,34). The van der Waals surface area contributed by atoms with Crippen molar-refractivity contribution < 1.29 is 14.0 Å². The number of H-pyrrole nitrogens is 1. The Morgan fingerprint density at radius 2 is 2.03 bits per heavy atom. The van der Waals surface area contributed by atoms with Crippen molar-refractivity contribution in [1.29, 1.82) is 0 Å². The van der Waals surface area contributed by atoms with Crippen molar-refractivity contribution in [2.75, 3.05) is 24.5 Å². The minimum absolute atomic E-state index is 0.327.